The highest BCUT2D eigenvalue weighted by atomic mass is 16.5. The molecule has 2 amide bonds. The molecule has 0 saturated carbocycles. The van der Waals surface area contributed by atoms with Gasteiger partial charge in [-0.2, -0.15) is 0 Å². The molecule has 4 nitrogen and oxygen atoms in total. The minimum Gasteiger partial charge on any atom is -0.457 e. The zero-order valence-electron chi connectivity index (χ0n) is 23.9. The smallest absolute Gasteiger partial charge is 0.266 e. The van der Waals surface area contributed by atoms with Crippen molar-refractivity contribution in [1.29, 1.82) is 0 Å². The first-order valence-electron chi connectivity index (χ1n) is 13.9. The van der Waals surface area contributed by atoms with E-state index in [4.69, 9.17) is 4.74 Å². The molecule has 0 spiro atoms. The van der Waals surface area contributed by atoms with Gasteiger partial charge in [0, 0.05) is 21.9 Å². The third kappa shape index (κ3) is 4.85. The molecule has 5 rings (SSSR count). The van der Waals surface area contributed by atoms with Crippen LogP contribution in [0.3, 0.4) is 0 Å². The molecular formula is C35H37NO3. The van der Waals surface area contributed by atoms with Crippen LogP contribution in [0.1, 0.15) is 89.4 Å². The predicted octanol–water partition coefficient (Wildman–Crippen LogP) is 9.22. The molecule has 0 aromatic heterocycles. The number of amides is 2. The maximum absolute atomic E-state index is 13.8. The molecule has 4 aromatic carbocycles. The maximum atomic E-state index is 13.8. The summed E-state index contributed by atoms with van der Waals surface area (Å²) in [6.07, 6.45) is 4.84. The maximum Gasteiger partial charge on any atom is 0.266 e. The normalized spacial score (nSPS) is 13.3. The summed E-state index contributed by atoms with van der Waals surface area (Å²) in [5.41, 5.74) is 5.99. The van der Waals surface area contributed by atoms with Crippen molar-refractivity contribution in [2.75, 3.05) is 4.90 Å². The molecule has 0 radical (unpaired) electrons. The number of rotatable bonds is 8. The summed E-state index contributed by atoms with van der Waals surface area (Å²) >= 11 is 0. The topological polar surface area (TPSA) is 46.6 Å². The van der Waals surface area contributed by atoms with Gasteiger partial charge < -0.3 is 4.74 Å². The standard InChI is InChI=1S/C35H37NO3/c1-7-8-9-19-35(5,6)25-13-15-26(16-14-25)39-30-18-17-29-31-27(30)11-10-12-28(31)33(37)36(34(29)38)32-23(3)20-22(2)21-24(32)4/h10-18,20-21H,7-9,19H2,1-6H3. The van der Waals surface area contributed by atoms with Crippen molar-refractivity contribution < 1.29 is 14.3 Å². The molecule has 1 heterocycles. The van der Waals surface area contributed by atoms with E-state index in [2.05, 4.69) is 32.9 Å². The van der Waals surface area contributed by atoms with E-state index < -0.39 is 0 Å². The number of unbranched alkanes of at least 4 members (excludes halogenated alkanes) is 2. The largest absolute Gasteiger partial charge is 0.457 e. The molecule has 0 fully saturated rings. The minimum atomic E-state index is -0.306. The van der Waals surface area contributed by atoms with Gasteiger partial charge in [-0.05, 0) is 79.6 Å². The molecule has 0 unspecified atom stereocenters. The Balaban J connectivity index is 1.49. The fourth-order valence-corrected chi connectivity index (χ4v) is 5.95. The molecule has 0 N–H and O–H groups in total. The second-order valence-corrected chi connectivity index (χ2v) is 11.5. The molecule has 1 aliphatic rings. The fraction of sp³-hybridized carbons (Fsp3) is 0.314. The van der Waals surface area contributed by atoms with Crippen molar-refractivity contribution in [3.05, 3.63) is 100 Å². The van der Waals surface area contributed by atoms with E-state index in [0.717, 1.165) is 34.2 Å². The van der Waals surface area contributed by atoms with E-state index in [0.29, 0.717) is 28.0 Å². The van der Waals surface area contributed by atoms with Gasteiger partial charge in [0.1, 0.15) is 11.5 Å². The number of carbonyl (C=O) groups is 2. The number of carbonyl (C=O) groups excluding carboxylic acids is 2. The van der Waals surface area contributed by atoms with Gasteiger partial charge >= 0.3 is 0 Å². The van der Waals surface area contributed by atoms with Gasteiger partial charge in [0.2, 0.25) is 0 Å². The lowest BCUT2D eigenvalue weighted by Crippen LogP contribution is -2.41. The fourth-order valence-electron chi connectivity index (χ4n) is 5.95. The summed E-state index contributed by atoms with van der Waals surface area (Å²) < 4.78 is 6.33. The van der Waals surface area contributed by atoms with Crippen LogP contribution in [0, 0.1) is 20.8 Å². The summed E-state index contributed by atoms with van der Waals surface area (Å²) in [5, 5.41) is 1.41. The second-order valence-electron chi connectivity index (χ2n) is 11.5. The zero-order valence-corrected chi connectivity index (χ0v) is 23.9. The molecule has 200 valence electrons. The van der Waals surface area contributed by atoms with E-state index >= 15 is 0 Å². The molecular weight excluding hydrogens is 482 g/mol. The van der Waals surface area contributed by atoms with Crippen LogP contribution in [0.5, 0.6) is 11.5 Å². The molecule has 4 aromatic rings. The lowest BCUT2D eigenvalue weighted by atomic mass is 9.80. The summed E-state index contributed by atoms with van der Waals surface area (Å²) in [5.74, 6) is 0.743. The summed E-state index contributed by atoms with van der Waals surface area (Å²) in [7, 11) is 0. The molecule has 1 aliphatic heterocycles. The average molecular weight is 520 g/mol. The SMILES string of the molecule is CCCCCC(C)(C)c1ccc(Oc2ccc3c4c(cccc24)C(=O)N(c2c(C)cc(C)cc2C)C3=O)cc1. The number of ether oxygens (including phenoxy) is 1. The van der Waals surface area contributed by atoms with Crippen molar-refractivity contribution in [3.8, 4) is 11.5 Å². The van der Waals surface area contributed by atoms with Gasteiger partial charge in [-0.1, -0.05) is 82.0 Å². The van der Waals surface area contributed by atoms with Crippen molar-refractivity contribution in [2.45, 2.75) is 72.6 Å². The van der Waals surface area contributed by atoms with Crippen LogP contribution < -0.4 is 9.64 Å². The van der Waals surface area contributed by atoms with Crippen LogP contribution in [-0.4, -0.2) is 11.8 Å². The molecule has 0 aliphatic carbocycles. The molecule has 0 atom stereocenters. The Kier molecular flexibility index (Phi) is 7.07. The van der Waals surface area contributed by atoms with E-state index in [1.54, 1.807) is 12.1 Å². The Labute approximate surface area is 231 Å². The number of benzene rings is 4. The monoisotopic (exact) mass is 519 g/mol. The Morgan fingerprint density at radius 3 is 2.08 bits per heavy atom. The number of aryl methyl sites for hydroxylation is 3. The minimum absolute atomic E-state index is 0.106. The zero-order chi connectivity index (χ0) is 27.9. The van der Waals surface area contributed by atoms with Crippen LogP contribution in [0.2, 0.25) is 0 Å². The van der Waals surface area contributed by atoms with Gasteiger partial charge in [0.05, 0.1) is 5.69 Å². The highest BCUT2D eigenvalue weighted by molar-refractivity contribution is 6.36. The van der Waals surface area contributed by atoms with Gasteiger partial charge in [-0.25, -0.2) is 4.90 Å². The third-order valence-corrected chi connectivity index (χ3v) is 8.00. The second kappa shape index (κ2) is 10.3. The van der Waals surface area contributed by atoms with E-state index in [9.17, 15) is 9.59 Å². The van der Waals surface area contributed by atoms with Crippen molar-refractivity contribution in [1.82, 2.24) is 0 Å². The van der Waals surface area contributed by atoms with Crippen LogP contribution in [0.4, 0.5) is 5.69 Å². The van der Waals surface area contributed by atoms with Gasteiger partial charge in [-0.3, -0.25) is 9.59 Å². The molecule has 4 heteroatoms. The Hall–Kier alpha value is -3.92. The molecule has 39 heavy (non-hydrogen) atoms. The van der Waals surface area contributed by atoms with Crippen molar-refractivity contribution >= 4 is 28.3 Å². The Morgan fingerprint density at radius 1 is 0.795 bits per heavy atom. The highest BCUT2D eigenvalue weighted by Gasteiger charge is 2.36. The van der Waals surface area contributed by atoms with Crippen LogP contribution in [0.15, 0.2) is 66.7 Å². The highest BCUT2D eigenvalue weighted by Crippen LogP contribution is 2.40. The lowest BCUT2D eigenvalue weighted by Gasteiger charge is -2.30. The Bertz CT molecular complexity index is 1530. The first-order chi connectivity index (χ1) is 18.6. The number of hydrogen-bond donors (Lipinski definition) is 0. The van der Waals surface area contributed by atoms with Crippen molar-refractivity contribution in [2.24, 2.45) is 0 Å². The summed E-state index contributed by atoms with van der Waals surface area (Å²) in [6, 6.07) is 21.5. The molecule has 0 bridgehead atoms. The van der Waals surface area contributed by atoms with Crippen LogP contribution in [-0.2, 0) is 5.41 Å². The number of imide groups is 1. The lowest BCUT2D eigenvalue weighted by molar-refractivity contribution is 0.0893. The first kappa shape index (κ1) is 26.7. The predicted molar refractivity (Wildman–Crippen MR) is 159 cm³/mol. The average Bonchev–Trinajstić information content (AvgIpc) is 2.89. The first-order valence-corrected chi connectivity index (χ1v) is 13.9. The van der Waals surface area contributed by atoms with Gasteiger partial charge in [0.25, 0.3) is 11.8 Å². The van der Waals surface area contributed by atoms with E-state index in [1.807, 2.05) is 63.2 Å². The third-order valence-electron chi connectivity index (χ3n) is 8.00. The van der Waals surface area contributed by atoms with E-state index in [-0.39, 0.29) is 17.2 Å². The summed E-state index contributed by atoms with van der Waals surface area (Å²) in [4.78, 5) is 28.9. The van der Waals surface area contributed by atoms with Gasteiger partial charge in [0.15, 0.2) is 0 Å². The number of nitrogens with zero attached hydrogens (tertiary/aromatic N) is 1. The van der Waals surface area contributed by atoms with E-state index in [1.165, 1.54) is 29.7 Å². The van der Waals surface area contributed by atoms with Gasteiger partial charge in [-0.15, -0.1) is 0 Å². The van der Waals surface area contributed by atoms with Crippen molar-refractivity contribution in [3.63, 3.8) is 0 Å². The Morgan fingerprint density at radius 2 is 1.44 bits per heavy atom. The summed E-state index contributed by atoms with van der Waals surface area (Å²) in [6.45, 7) is 12.7. The number of hydrogen-bond acceptors (Lipinski definition) is 3. The number of anilines is 1. The quantitative estimate of drug-likeness (QED) is 0.172. The molecule has 0 saturated heterocycles. The van der Waals surface area contributed by atoms with Crippen LogP contribution in [0.25, 0.3) is 10.8 Å². The van der Waals surface area contributed by atoms with Crippen LogP contribution >= 0.6 is 0 Å².